The summed E-state index contributed by atoms with van der Waals surface area (Å²) in [4.78, 5) is 10.0. The third-order valence-corrected chi connectivity index (χ3v) is 1.84. The van der Waals surface area contributed by atoms with E-state index in [1.807, 2.05) is 0 Å². The monoisotopic (exact) mass is 206 g/mol. The number of aromatic nitrogens is 2. The maximum absolute atomic E-state index is 10.5. The highest BCUT2D eigenvalue weighted by Gasteiger charge is 2.12. The van der Waals surface area contributed by atoms with Gasteiger partial charge in [-0.15, -0.1) is 0 Å². The van der Waals surface area contributed by atoms with E-state index < -0.39 is 4.92 Å². The fourth-order valence-corrected chi connectivity index (χ4v) is 1.16. The van der Waals surface area contributed by atoms with Crippen molar-refractivity contribution in [3.8, 4) is 11.3 Å². The molecule has 0 spiro atoms. The molecular weight excluding hydrogens is 200 g/mol. The lowest BCUT2D eigenvalue weighted by molar-refractivity contribution is -0.384. The number of hydrogen-bond acceptors (Lipinski definition) is 6. The number of anilines is 1. The summed E-state index contributed by atoms with van der Waals surface area (Å²) in [6.45, 7) is 0. The van der Waals surface area contributed by atoms with Gasteiger partial charge in [0.05, 0.1) is 4.92 Å². The molecule has 7 nitrogen and oxygen atoms in total. The minimum Gasteiger partial charge on any atom is -0.379 e. The molecule has 0 amide bonds. The van der Waals surface area contributed by atoms with Crippen molar-refractivity contribution < 1.29 is 9.55 Å². The van der Waals surface area contributed by atoms with Crippen LogP contribution in [0, 0.1) is 10.1 Å². The van der Waals surface area contributed by atoms with Crippen LogP contribution in [0.1, 0.15) is 0 Å². The summed E-state index contributed by atoms with van der Waals surface area (Å²) in [6, 6.07) is 5.92. The second-order valence-electron chi connectivity index (χ2n) is 2.81. The van der Waals surface area contributed by atoms with Crippen LogP contribution in [0.3, 0.4) is 0 Å². The van der Waals surface area contributed by atoms with Gasteiger partial charge < -0.3 is 5.73 Å². The molecule has 0 radical (unpaired) electrons. The summed E-state index contributed by atoms with van der Waals surface area (Å²) in [6.07, 6.45) is 0. The standard InChI is InChI=1S/C8H6N4O3/c9-8-7(10-15-11-8)5-2-1-3-6(4-5)12(13)14/h1-4H,(H2,9,11). The predicted octanol–water partition coefficient (Wildman–Crippen LogP) is 1.23. The highest BCUT2D eigenvalue weighted by atomic mass is 16.6. The van der Waals surface area contributed by atoms with Crippen LogP contribution in [0.2, 0.25) is 0 Å². The number of hydrogen-bond donors (Lipinski definition) is 1. The normalized spacial score (nSPS) is 10.1. The van der Waals surface area contributed by atoms with Crippen molar-refractivity contribution in [1.29, 1.82) is 0 Å². The number of rotatable bonds is 2. The first-order valence-corrected chi connectivity index (χ1v) is 4.01. The van der Waals surface area contributed by atoms with Crippen LogP contribution < -0.4 is 5.73 Å². The van der Waals surface area contributed by atoms with Crippen LogP contribution in [-0.2, 0) is 0 Å². The lowest BCUT2D eigenvalue weighted by Crippen LogP contribution is -1.91. The van der Waals surface area contributed by atoms with E-state index >= 15 is 0 Å². The number of nitro benzene ring substituents is 1. The molecule has 7 heteroatoms. The molecule has 0 bridgehead atoms. The quantitative estimate of drug-likeness (QED) is 0.584. The van der Waals surface area contributed by atoms with Gasteiger partial charge in [0, 0.05) is 17.7 Å². The fourth-order valence-electron chi connectivity index (χ4n) is 1.16. The molecule has 2 N–H and O–H groups in total. The van der Waals surface area contributed by atoms with Crippen LogP contribution in [-0.4, -0.2) is 15.2 Å². The van der Waals surface area contributed by atoms with Crippen molar-refractivity contribution in [3.05, 3.63) is 34.4 Å². The maximum atomic E-state index is 10.5. The lowest BCUT2D eigenvalue weighted by atomic mass is 10.1. The summed E-state index contributed by atoms with van der Waals surface area (Å²) in [5, 5.41) is 17.5. The molecule has 0 saturated carbocycles. The number of nitrogen functional groups attached to an aromatic ring is 1. The Labute approximate surface area is 83.6 Å². The molecule has 0 fully saturated rings. The van der Waals surface area contributed by atoms with Crippen LogP contribution in [0.15, 0.2) is 28.9 Å². The zero-order valence-electron chi connectivity index (χ0n) is 7.45. The van der Waals surface area contributed by atoms with Crippen molar-refractivity contribution in [2.24, 2.45) is 0 Å². The highest BCUT2D eigenvalue weighted by Crippen LogP contribution is 2.25. The first-order chi connectivity index (χ1) is 7.18. The summed E-state index contributed by atoms with van der Waals surface area (Å²) in [5.41, 5.74) is 6.24. The van der Waals surface area contributed by atoms with Crippen LogP contribution >= 0.6 is 0 Å². The van der Waals surface area contributed by atoms with Crippen molar-refractivity contribution in [3.63, 3.8) is 0 Å². The van der Waals surface area contributed by atoms with E-state index in [1.54, 1.807) is 12.1 Å². The van der Waals surface area contributed by atoms with Gasteiger partial charge in [-0.05, 0) is 10.3 Å². The molecule has 1 heterocycles. The topological polar surface area (TPSA) is 108 Å². The Morgan fingerprint density at radius 1 is 1.40 bits per heavy atom. The Bertz CT molecular complexity index is 508. The van der Waals surface area contributed by atoms with E-state index in [1.165, 1.54) is 12.1 Å². The van der Waals surface area contributed by atoms with E-state index in [4.69, 9.17) is 5.73 Å². The predicted molar refractivity (Wildman–Crippen MR) is 50.8 cm³/mol. The van der Waals surface area contributed by atoms with Crippen LogP contribution in [0.4, 0.5) is 11.5 Å². The van der Waals surface area contributed by atoms with Crippen molar-refractivity contribution >= 4 is 11.5 Å². The summed E-state index contributed by atoms with van der Waals surface area (Å²) in [7, 11) is 0. The summed E-state index contributed by atoms with van der Waals surface area (Å²) < 4.78 is 4.41. The Morgan fingerprint density at radius 3 is 2.80 bits per heavy atom. The van der Waals surface area contributed by atoms with Crippen molar-refractivity contribution in [2.75, 3.05) is 5.73 Å². The molecule has 2 aromatic rings. The Hall–Kier alpha value is -2.44. The molecule has 1 aromatic carbocycles. The van der Waals surface area contributed by atoms with E-state index in [2.05, 4.69) is 14.9 Å². The molecule has 76 valence electrons. The largest absolute Gasteiger partial charge is 0.379 e. The Balaban J connectivity index is 2.50. The molecule has 0 aliphatic rings. The van der Waals surface area contributed by atoms with Gasteiger partial charge in [-0.2, -0.15) is 0 Å². The van der Waals surface area contributed by atoms with Gasteiger partial charge >= 0.3 is 0 Å². The molecule has 0 aliphatic heterocycles. The molecule has 0 unspecified atom stereocenters. The molecule has 0 saturated heterocycles. The van der Waals surface area contributed by atoms with Gasteiger partial charge in [-0.25, -0.2) is 4.63 Å². The molecule has 0 atom stereocenters. The molecule has 1 aromatic heterocycles. The Morgan fingerprint density at radius 2 is 2.20 bits per heavy atom. The second-order valence-corrected chi connectivity index (χ2v) is 2.81. The summed E-state index contributed by atoms with van der Waals surface area (Å²) in [5.74, 6) is 0.107. The number of non-ortho nitro benzene ring substituents is 1. The van der Waals surface area contributed by atoms with Crippen molar-refractivity contribution in [1.82, 2.24) is 10.3 Å². The smallest absolute Gasteiger partial charge is 0.270 e. The van der Waals surface area contributed by atoms with Gasteiger partial charge in [0.1, 0.15) is 0 Å². The van der Waals surface area contributed by atoms with Gasteiger partial charge in [0.15, 0.2) is 11.5 Å². The number of nitrogens with two attached hydrogens (primary N) is 1. The van der Waals surface area contributed by atoms with Gasteiger partial charge in [-0.1, -0.05) is 12.1 Å². The third-order valence-electron chi connectivity index (χ3n) is 1.84. The molecule has 2 rings (SSSR count). The van der Waals surface area contributed by atoms with E-state index in [-0.39, 0.29) is 11.5 Å². The molecule has 0 aliphatic carbocycles. The van der Waals surface area contributed by atoms with Crippen LogP contribution in [0.5, 0.6) is 0 Å². The van der Waals surface area contributed by atoms with E-state index in [0.29, 0.717) is 11.3 Å². The van der Waals surface area contributed by atoms with Gasteiger partial charge in [0.25, 0.3) is 5.69 Å². The minimum atomic E-state index is -0.493. The second kappa shape index (κ2) is 3.37. The average molecular weight is 206 g/mol. The first-order valence-electron chi connectivity index (χ1n) is 4.01. The van der Waals surface area contributed by atoms with Crippen LogP contribution in [0.25, 0.3) is 11.3 Å². The number of nitrogens with zero attached hydrogens (tertiary/aromatic N) is 3. The van der Waals surface area contributed by atoms with Gasteiger partial charge in [0.2, 0.25) is 0 Å². The maximum Gasteiger partial charge on any atom is 0.270 e. The molecule has 15 heavy (non-hydrogen) atoms. The third kappa shape index (κ3) is 1.62. The SMILES string of the molecule is Nc1nonc1-c1cccc([N+](=O)[O-])c1. The fraction of sp³-hybridized carbons (Fsp3) is 0. The number of nitro groups is 1. The zero-order valence-corrected chi connectivity index (χ0v) is 7.45. The van der Waals surface area contributed by atoms with Gasteiger partial charge in [-0.3, -0.25) is 10.1 Å². The lowest BCUT2D eigenvalue weighted by Gasteiger charge is -1.95. The van der Waals surface area contributed by atoms with Crippen molar-refractivity contribution in [2.45, 2.75) is 0 Å². The van der Waals surface area contributed by atoms with E-state index in [0.717, 1.165) is 0 Å². The minimum absolute atomic E-state index is 0.0325. The summed E-state index contributed by atoms with van der Waals surface area (Å²) >= 11 is 0. The van der Waals surface area contributed by atoms with E-state index in [9.17, 15) is 10.1 Å². The highest BCUT2D eigenvalue weighted by molar-refractivity contribution is 5.70. The Kier molecular flexibility index (Phi) is 2.05. The zero-order chi connectivity index (χ0) is 10.8. The number of benzene rings is 1. The molecular formula is C8H6N4O3. The average Bonchev–Trinajstić information content (AvgIpc) is 2.64. The first kappa shape index (κ1) is 9.13.